The van der Waals surface area contributed by atoms with E-state index in [0.29, 0.717) is 29.4 Å². The van der Waals surface area contributed by atoms with Gasteiger partial charge in [0.2, 0.25) is 5.91 Å². The van der Waals surface area contributed by atoms with Crippen LogP contribution in [0.1, 0.15) is 16.9 Å². The number of rotatable bonds is 7. The Balaban J connectivity index is 2.01. The van der Waals surface area contributed by atoms with E-state index in [9.17, 15) is 9.59 Å². The van der Waals surface area contributed by atoms with Gasteiger partial charge in [-0.1, -0.05) is 0 Å². The van der Waals surface area contributed by atoms with Crippen molar-refractivity contribution >= 4 is 17.9 Å². The number of aryl methyl sites for hydroxylation is 1. The Morgan fingerprint density at radius 3 is 2.77 bits per heavy atom. The first-order valence-electron chi connectivity index (χ1n) is 6.80. The SMILES string of the molecule is COc1ccc(OC)c(NC(=O)CCn2cccc2C=O)c1. The molecule has 0 aliphatic rings. The fourth-order valence-corrected chi connectivity index (χ4v) is 2.08. The average molecular weight is 302 g/mol. The minimum Gasteiger partial charge on any atom is -0.497 e. The van der Waals surface area contributed by atoms with Crippen molar-refractivity contribution in [1.29, 1.82) is 0 Å². The molecule has 2 aromatic rings. The number of benzene rings is 1. The van der Waals surface area contributed by atoms with Crippen LogP contribution in [0.4, 0.5) is 5.69 Å². The summed E-state index contributed by atoms with van der Waals surface area (Å²) >= 11 is 0. The first-order valence-corrected chi connectivity index (χ1v) is 6.80. The Kier molecular flexibility index (Phi) is 5.19. The number of nitrogens with zero attached hydrogens (tertiary/aromatic N) is 1. The van der Waals surface area contributed by atoms with Gasteiger partial charge in [-0.05, 0) is 24.3 Å². The Morgan fingerprint density at radius 1 is 1.27 bits per heavy atom. The number of amides is 1. The topological polar surface area (TPSA) is 69.6 Å². The second kappa shape index (κ2) is 7.31. The molecule has 1 N–H and O–H groups in total. The molecule has 0 saturated carbocycles. The number of carbonyl (C=O) groups excluding carboxylic acids is 2. The Labute approximate surface area is 128 Å². The number of anilines is 1. The van der Waals surface area contributed by atoms with E-state index >= 15 is 0 Å². The van der Waals surface area contributed by atoms with Crippen LogP contribution in [0.15, 0.2) is 36.5 Å². The quantitative estimate of drug-likeness (QED) is 0.797. The summed E-state index contributed by atoms with van der Waals surface area (Å²) in [5, 5.41) is 2.79. The van der Waals surface area contributed by atoms with Crippen molar-refractivity contribution in [3.63, 3.8) is 0 Å². The molecule has 1 heterocycles. The van der Waals surface area contributed by atoms with Crippen LogP contribution >= 0.6 is 0 Å². The van der Waals surface area contributed by atoms with Crippen molar-refractivity contribution in [3.05, 3.63) is 42.2 Å². The second-order valence-electron chi connectivity index (χ2n) is 4.61. The van der Waals surface area contributed by atoms with Crippen LogP contribution in [0.2, 0.25) is 0 Å². The predicted octanol–water partition coefficient (Wildman–Crippen LogP) is 2.35. The lowest BCUT2D eigenvalue weighted by atomic mass is 10.2. The van der Waals surface area contributed by atoms with Gasteiger partial charge >= 0.3 is 0 Å². The summed E-state index contributed by atoms with van der Waals surface area (Å²) in [6.45, 7) is 0.430. The maximum atomic E-state index is 12.1. The largest absolute Gasteiger partial charge is 0.497 e. The van der Waals surface area contributed by atoms with E-state index in [1.807, 2.05) is 0 Å². The Hall–Kier alpha value is -2.76. The third-order valence-electron chi connectivity index (χ3n) is 3.25. The summed E-state index contributed by atoms with van der Waals surface area (Å²) < 4.78 is 12.1. The minimum atomic E-state index is -0.169. The van der Waals surface area contributed by atoms with Crippen molar-refractivity contribution in [3.8, 4) is 11.5 Å². The molecule has 1 aromatic heterocycles. The highest BCUT2D eigenvalue weighted by atomic mass is 16.5. The maximum Gasteiger partial charge on any atom is 0.226 e. The summed E-state index contributed by atoms with van der Waals surface area (Å²) in [5.41, 5.74) is 1.10. The fraction of sp³-hybridized carbons (Fsp3) is 0.250. The van der Waals surface area contributed by atoms with Gasteiger partial charge in [0.25, 0.3) is 0 Å². The predicted molar refractivity (Wildman–Crippen MR) is 82.6 cm³/mol. The monoisotopic (exact) mass is 302 g/mol. The van der Waals surface area contributed by atoms with E-state index < -0.39 is 0 Å². The van der Waals surface area contributed by atoms with Gasteiger partial charge in [-0.3, -0.25) is 9.59 Å². The Morgan fingerprint density at radius 2 is 2.09 bits per heavy atom. The number of hydrogen-bond acceptors (Lipinski definition) is 4. The molecule has 6 heteroatoms. The lowest BCUT2D eigenvalue weighted by molar-refractivity contribution is -0.116. The van der Waals surface area contributed by atoms with Gasteiger partial charge in [-0.25, -0.2) is 0 Å². The van der Waals surface area contributed by atoms with Crippen LogP contribution in [-0.4, -0.2) is 31.0 Å². The molecule has 2 rings (SSSR count). The van der Waals surface area contributed by atoms with E-state index in [-0.39, 0.29) is 12.3 Å². The molecular weight excluding hydrogens is 284 g/mol. The molecule has 0 unspecified atom stereocenters. The molecule has 0 saturated heterocycles. The maximum absolute atomic E-state index is 12.1. The van der Waals surface area contributed by atoms with E-state index in [1.165, 1.54) is 7.11 Å². The first-order chi connectivity index (χ1) is 10.7. The highest BCUT2D eigenvalue weighted by Crippen LogP contribution is 2.28. The number of ether oxygens (including phenoxy) is 2. The number of nitrogens with one attached hydrogen (secondary N) is 1. The van der Waals surface area contributed by atoms with Crippen LogP contribution in [0, 0.1) is 0 Å². The molecule has 116 valence electrons. The summed E-state index contributed by atoms with van der Waals surface area (Å²) in [5.74, 6) is 1.02. The van der Waals surface area contributed by atoms with Crippen LogP contribution in [0.25, 0.3) is 0 Å². The van der Waals surface area contributed by atoms with Crippen LogP contribution in [-0.2, 0) is 11.3 Å². The number of carbonyl (C=O) groups is 2. The first kappa shape index (κ1) is 15.6. The number of aldehydes is 1. The third-order valence-corrected chi connectivity index (χ3v) is 3.25. The molecule has 0 fully saturated rings. The average Bonchev–Trinajstić information content (AvgIpc) is 3.00. The summed E-state index contributed by atoms with van der Waals surface area (Å²) in [6.07, 6.45) is 2.78. The smallest absolute Gasteiger partial charge is 0.226 e. The molecule has 22 heavy (non-hydrogen) atoms. The van der Waals surface area contributed by atoms with Crippen molar-refractivity contribution in [2.75, 3.05) is 19.5 Å². The number of aromatic nitrogens is 1. The van der Waals surface area contributed by atoms with Crippen LogP contribution in [0.5, 0.6) is 11.5 Å². The van der Waals surface area contributed by atoms with Gasteiger partial charge in [0.05, 0.1) is 25.6 Å². The summed E-state index contributed by atoms with van der Waals surface area (Å²) in [4.78, 5) is 22.9. The van der Waals surface area contributed by atoms with Gasteiger partial charge in [-0.15, -0.1) is 0 Å². The van der Waals surface area contributed by atoms with E-state index in [4.69, 9.17) is 9.47 Å². The highest BCUT2D eigenvalue weighted by molar-refractivity contribution is 5.92. The second-order valence-corrected chi connectivity index (χ2v) is 4.61. The molecule has 0 atom stereocenters. The number of hydrogen-bond donors (Lipinski definition) is 1. The summed E-state index contributed by atoms with van der Waals surface area (Å²) in [7, 11) is 3.09. The molecule has 1 aromatic carbocycles. The normalized spacial score (nSPS) is 10.1. The molecular formula is C16H18N2O4. The zero-order valence-corrected chi connectivity index (χ0v) is 12.5. The van der Waals surface area contributed by atoms with Crippen molar-refractivity contribution in [2.24, 2.45) is 0 Å². The van der Waals surface area contributed by atoms with E-state index in [0.717, 1.165) is 6.29 Å². The van der Waals surface area contributed by atoms with E-state index in [2.05, 4.69) is 5.32 Å². The molecule has 0 radical (unpaired) electrons. The van der Waals surface area contributed by atoms with Crippen molar-refractivity contribution in [1.82, 2.24) is 4.57 Å². The molecule has 0 aliphatic heterocycles. The molecule has 6 nitrogen and oxygen atoms in total. The third kappa shape index (κ3) is 3.66. The van der Waals surface area contributed by atoms with Crippen LogP contribution in [0.3, 0.4) is 0 Å². The zero-order valence-electron chi connectivity index (χ0n) is 12.5. The molecule has 0 spiro atoms. The number of methoxy groups -OCH3 is 2. The molecule has 0 aliphatic carbocycles. The zero-order chi connectivity index (χ0) is 15.9. The Bertz CT molecular complexity index is 664. The lowest BCUT2D eigenvalue weighted by Crippen LogP contribution is -2.15. The molecule has 1 amide bonds. The highest BCUT2D eigenvalue weighted by Gasteiger charge is 2.10. The lowest BCUT2D eigenvalue weighted by Gasteiger charge is -2.12. The minimum absolute atomic E-state index is 0.169. The van der Waals surface area contributed by atoms with Gasteiger partial charge < -0.3 is 19.4 Å². The summed E-state index contributed by atoms with van der Waals surface area (Å²) in [6, 6.07) is 8.65. The van der Waals surface area contributed by atoms with Gasteiger partial charge in [0.1, 0.15) is 11.5 Å². The van der Waals surface area contributed by atoms with Gasteiger partial charge in [0, 0.05) is 25.2 Å². The fourth-order valence-electron chi connectivity index (χ4n) is 2.08. The standard InChI is InChI=1S/C16H18N2O4/c1-21-13-5-6-15(22-2)14(10-13)17-16(20)7-9-18-8-3-4-12(18)11-19/h3-6,8,10-11H,7,9H2,1-2H3,(H,17,20). The van der Waals surface area contributed by atoms with Crippen LogP contribution < -0.4 is 14.8 Å². The van der Waals surface area contributed by atoms with Crippen molar-refractivity contribution < 1.29 is 19.1 Å². The van der Waals surface area contributed by atoms with Crippen molar-refractivity contribution in [2.45, 2.75) is 13.0 Å². The van der Waals surface area contributed by atoms with Gasteiger partial charge in [-0.2, -0.15) is 0 Å². The van der Waals surface area contributed by atoms with Gasteiger partial charge in [0.15, 0.2) is 6.29 Å². The van der Waals surface area contributed by atoms with E-state index in [1.54, 1.807) is 48.2 Å². The molecule has 0 bridgehead atoms.